The van der Waals surface area contributed by atoms with Gasteiger partial charge in [-0.1, -0.05) is 6.07 Å². The van der Waals surface area contributed by atoms with E-state index in [0.29, 0.717) is 0 Å². The van der Waals surface area contributed by atoms with Gasteiger partial charge in [-0.3, -0.25) is 4.79 Å². The third-order valence-electron chi connectivity index (χ3n) is 2.51. The zero-order chi connectivity index (χ0) is 17.7. The van der Waals surface area contributed by atoms with Gasteiger partial charge in [0.15, 0.2) is 0 Å². The van der Waals surface area contributed by atoms with Crippen LogP contribution in [0.15, 0.2) is 29.2 Å². The summed E-state index contributed by atoms with van der Waals surface area (Å²) in [5.74, 6) is 1.10. The summed E-state index contributed by atoms with van der Waals surface area (Å²) in [7, 11) is 0. The van der Waals surface area contributed by atoms with E-state index in [-0.39, 0.29) is 16.9 Å². The number of benzene rings is 1. The standard InChI is InChI=1S/C14H11F6NOS/c1-2-4-10(8-13(15,16)17)21-12(22)9-5-3-6-11(7-9)23-14(18,19)20/h1,3,5-7,10H,4,8H2,(H,21,22). The molecule has 0 saturated carbocycles. The predicted octanol–water partition coefficient (Wildman–Crippen LogP) is 4.37. The summed E-state index contributed by atoms with van der Waals surface area (Å²) in [6.45, 7) is 0. The molecule has 0 aliphatic rings. The maximum absolute atomic E-state index is 12.4. The Morgan fingerprint density at radius 3 is 2.43 bits per heavy atom. The second kappa shape index (κ2) is 7.64. The van der Waals surface area contributed by atoms with Crippen molar-refractivity contribution >= 4 is 17.7 Å². The smallest absolute Gasteiger partial charge is 0.348 e. The summed E-state index contributed by atoms with van der Waals surface area (Å²) in [6.07, 6.45) is -1.23. The Balaban J connectivity index is 2.83. The quantitative estimate of drug-likeness (QED) is 0.483. The van der Waals surface area contributed by atoms with Crippen LogP contribution in [0.3, 0.4) is 0 Å². The topological polar surface area (TPSA) is 29.1 Å². The summed E-state index contributed by atoms with van der Waals surface area (Å²) < 4.78 is 74.0. The molecule has 0 aromatic heterocycles. The van der Waals surface area contributed by atoms with E-state index in [0.717, 1.165) is 12.1 Å². The molecule has 1 amide bonds. The molecule has 0 fully saturated rings. The van der Waals surface area contributed by atoms with Crippen molar-refractivity contribution in [1.29, 1.82) is 0 Å². The lowest BCUT2D eigenvalue weighted by atomic mass is 10.1. The largest absolute Gasteiger partial charge is 0.446 e. The molecule has 0 heterocycles. The number of hydrogen-bond acceptors (Lipinski definition) is 2. The molecule has 0 saturated heterocycles. The second-order valence-corrected chi connectivity index (χ2v) is 5.61. The fourth-order valence-electron chi connectivity index (χ4n) is 1.70. The lowest BCUT2D eigenvalue weighted by molar-refractivity contribution is -0.139. The van der Waals surface area contributed by atoms with E-state index in [1.807, 2.05) is 5.92 Å². The van der Waals surface area contributed by atoms with Crippen LogP contribution in [0, 0.1) is 12.3 Å². The van der Waals surface area contributed by atoms with Crippen molar-refractivity contribution in [2.45, 2.75) is 35.5 Å². The van der Waals surface area contributed by atoms with Gasteiger partial charge in [-0.2, -0.15) is 26.3 Å². The van der Waals surface area contributed by atoms with E-state index in [1.165, 1.54) is 12.1 Å². The molecule has 9 heteroatoms. The zero-order valence-corrected chi connectivity index (χ0v) is 12.3. The average molecular weight is 355 g/mol. The first-order valence-electron chi connectivity index (χ1n) is 6.17. The summed E-state index contributed by atoms with van der Waals surface area (Å²) in [6, 6.07) is 3.17. The Morgan fingerprint density at radius 1 is 1.26 bits per heavy atom. The van der Waals surface area contributed by atoms with Gasteiger partial charge in [-0.15, -0.1) is 12.3 Å². The highest BCUT2D eigenvalue weighted by Crippen LogP contribution is 2.37. The van der Waals surface area contributed by atoms with Gasteiger partial charge in [0.05, 0.1) is 6.42 Å². The summed E-state index contributed by atoms with van der Waals surface area (Å²) in [5, 5.41) is 2.09. The lowest BCUT2D eigenvalue weighted by Gasteiger charge is -2.18. The van der Waals surface area contributed by atoms with Gasteiger partial charge in [0.1, 0.15) is 0 Å². The molecule has 1 aromatic carbocycles. The maximum atomic E-state index is 12.4. The number of carbonyl (C=O) groups excluding carboxylic acids is 1. The number of carbonyl (C=O) groups is 1. The van der Waals surface area contributed by atoms with Crippen LogP contribution >= 0.6 is 11.8 Å². The predicted molar refractivity (Wildman–Crippen MR) is 73.7 cm³/mol. The van der Waals surface area contributed by atoms with Gasteiger partial charge < -0.3 is 5.32 Å². The Hall–Kier alpha value is -1.82. The molecule has 1 atom stereocenters. The molecular formula is C14H11F6NOS. The average Bonchev–Trinajstić information content (AvgIpc) is 2.35. The van der Waals surface area contributed by atoms with Crippen molar-refractivity contribution in [3.05, 3.63) is 29.8 Å². The number of alkyl halides is 6. The minimum Gasteiger partial charge on any atom is -0.348 e. The van der Waals surface area contributed by atoms with Crippen molar-refractivity contribution in [2.24, 2.45) is 0 Å². The van der Waals surface area contributed by atoms with Crippen molar-refractivity contribution in [1.82, 2.24) is 5.32 Å². The molecule has 1 rings (SSSR count). The van der Waals surface area contributed by atoms with Crippen LogP contribution in [0.5, 0.6) is 0 Å². The third kappa shape index (κ3) is 7.83. The lowest BCUT2D eigenvalue weighted by Crippen LogP contribution is -2.38. The van der Waals surface area contributed by atoms with E-state index in [1.54, 1.807) is 0 Å². The molecule has 1 unspecified atom stereocenters. The number of thioether (sulfide) groups is 1. The minimum atomic E-state index is -4.53. The Bertz CT molecular complexity index is 590. The van der Waals surface area contributed by atoms with E-state index < -0.39 is 41.8 Å². The van der Waals surface area contributed by atoms with Crippen molar-refractivity contribution in [3.63, 3.8) is 0 Å². The highest BCUT2D eigenvalue weighted by Gasteiger charge is 2.33. The highest BCUT2D eigenvalue weighted by molar-refractivity contribution is 8.00. The van der Waals surface area contributed by atoms with Gasteiger partial charge in [-0.05, 0) is 30.0 Å². The van der Waals surface area contributed by atoms with Crippen molar-refractivity contribution in [3.8, 4) is 12.3 Å². The number of terminal acetylenes is 1. The molecule has 0 spiro atoms. The number of hydrogen-bond donors (Lipinski definition) is 1. The van der Waals surface area contributed by atoms with Crippen LogP contribution in [0.25, 0.3) is 0 Å². The Labute approximate surface area is 132 Å². The van der Waals surface area contributed by atoms with Crippen LogP contribution in [-0.4, -0.2) is 23.6 Å². The van der Waals surface area contributed by atoms with Gasteiger partial charge >= 0.3 is 11.7 Å². The van der Waals surface area contributed by atoms with Gasteiger partial charge in [0.2, 0.25) is 0 Å². The molecule has 2 nitrogen and oxygen atoms in total. The summed E-state index contributed by atoms with van der Waals surface area (Å²) >= 11 is -0.421. The third-order valence-corrected chi connectivity index (χ3v) is 3.23. The van der Waals surface area contributed by atoms with E-state index >= 15 is 0 Å². The van der Waals surface area contributed by atoms with Gasteiger partial charge in [0.25, 0.3) is 5.91 Å². The molecular weight excluding hydrogens is 344 g/mol. The minimum absolute atomic E-state index is 0.177. The number of nitrogens with one attached hydrogen (secondary N) is 1. The van der Waals surface area contributed by atoms with Crippen LogP contribution < -0.4 is 5.32 Å². The number of amides is 1. The first kappa shape index (κ1) is 19.2. The van der Waals surface area contributed by atoms with Crippen LogP contribution in [0.4, 0.5) is 26.3 Å². The molecule has 0 aliphatic heterocycles. The Morgan fingerprint density at radius 2 is 1.91 bits per heavy atom. The molecule has 1 N–H and O–H groups in total. The number of halogens is 6. The van der Waals surface area contributed by atoms with Crippen molar-refractivity contribution in [2.75, 3.05) is 0 Å². The molecule has 126 valence electrons. The van der Waals surface area contributed by atoms with E-state index in [4.69, 9.17) is 6.42 Å². The number of rotatable bonds is 5. The maximum Gasteiger partial charge on any atom is 0.446 e. The molecule has 0 bridgehead atoms. The Kier molecular flexibility index (Phi) is 6.38. The summed E-state index contributed by atoms with van der Waals surface area (Å²) in [4.78, 5) is 11.7. The van der Waals surface area contributed by atoms with E-state index in [2.05, 4.69) is 5.32 Å². The second-order valence-electron chi connectivity index (χ2n) is 4.47. The normalized spacial score (nSPS) is 13.3. The van der Waals surface area contributed by atoms with Crippen LogP contribution in [0.1, 0.15) is 23.2 Å². The van der Waals surface area contributed by atoms with Crippen LogP contribution in [-0.2, 0) is 0 Å². The first-order chi connectivity index (χ1) is 10.5. The molecule has 23 heavy (non-hydrogen) atoms. The zero-order valence-electron chi connectivity index (χ0n) is 11.5. The van der Waals surface area contributed by atoms with E-state index in [9.17, 15) is 31.1 Å². The monoisotopic (exact) mass is 355 g/mol. The molecule has 0 aliphatic carbocycles. The highest BCUT2D eigenvalue weighted by atomic mass is 32.2. The summed E-state index contributed by atoms with van der Waals surface area (Å²) in [5.41, 5.74) is -4.71. The first-order valence-corrected chi connectivity index (χ1v) is 6.99. The fourth-order valence-corrected chi connectivity index (χ4v) is 2.30. The fraction of sp³-hybridized carbons (Fsp3) is 0.357. The van der Waals surface area contributed by atoms with Gasteiger partial charge in [-0.25, -0.2) is 0 Å². The molecule has 1 aromatic rings. The van der Waals surface area contributed by atoms with Crippen LogP contribution in [0.2, 0.25) is 0 Å². The van der Waals surface area contributed by atoms with Crippen molar-refractivity contribution < 1.29 is 31.1 Å². The van der Waals surface area contributed by atoms with Gasteiger partial charge in [0, 0.05) is 22.9 Å². The SMILES string of the molecule is C#CCC(CC(F)(F)F)NC(=O)c1cccc(SC(F)(F)F)c1. The molecule has 0 radical (unpaired) electrons.